The van der Waals surface area contributed by atoms with Crippen molar-refractivity contribution < 1.29 is 9.21 Å². The summed E-state index contributed by atoms with van der Waals surface area (Å²) in [4.78, 5) is 25.3. The number of hydrogen-bond acceptors (Lipinski definition) is 6. The van der Waals surface area contributed by atoms with Gasteiger partial charge in [0.25, 0.3) is 0 Å². The summed E-state index contributed by atoms with van der Waals surface area (Å²) < 4.78 is 5.83. The highest BCUT2D eigenvalue weighted by Crippen LogP contribution is 2.23. The minimum Gasteiger partial charge on any atom is -0.459 e. The number of carbonyl (C=O) groups excluding carboxylic acids is 1. The van der Waals surface area contributed by atoms with Gasteiger partial charge in [-0.25, -0.2) is 9.97 Å². The normalized spacial score (nSPS) is 16.4. The molecule has 1 atom stereocenters. The van der Waals surface area contributed by atoms with E-state index >= 15 is 0 Å². The summed E-state index contributed by atoms with van der Waals surface area (Å²) in [6, 6.07) is 11.5. The first-order chi connectivity index (χ1) is 13.2. The highest BCUT2D eigenvalue weighted by atomic mass is 16.3. The summed E-state index contributed by atoms with van der Waals surface area (Å²) in [5.41, 5.74) is 0.841. The maximum absolute atomic E-state index is 12.4. The molecule has 140 valence electrons. The predicted molar refractivity (Wildman–Crippen MR) is 103 cm³/mol. The van der Waals surface area contributed by atoms with Gasteiger partial charge in [-0.1, -0.05) is 18.2 Å². The molecular formula is C20H23N5O2. The van der Waals surface area contributed by atoms with Crippen LogP contribution in [0.2, 0.25) is 0 Å². The van der Waals surface area contributed by atoms with Crippen LogP contribution in [0.5, 0.6) is 0 Å². The summed E-state index contributed by atoms with van der Waals surface area (Å²) >= 11 is 0. The fourth-order valence-electron chi connectivity index (χ4n) is 3.34. The zero-order chi connectivity index (χ0) is 18.6. The Kier molecular flexibility index (Phi) is 5.02. The molecule has 7 heteroatoms. The fourth-order valence-corrected chi connectivity index (χ4v) is 3.34. The number of para-hydroxylation sites is 1. The number of rotatable bonds is 5. The zero-order valence-electron chi connectivity index (χ0n) is 15.3. The van der Waals surface area contributed by atoms with Gasteiger partial charge in [-0.15, -0.1) is 0 Å². The van der Waals surface area contributed by atoms with Crippen molar-refractivity contribution in [2.24, 2.45) is 0 Å². The van der Waals surface area contributed by atoms with E-state index in [1.54, 1.807) is 12.4 Å². The van der Waals surface area contributed by atoms with E-state index in [1.165, 1.54) is 0 Å². The molecule has 0 saturated carbocycles. The Morgan fingerprint density at radius 1 is 1.15 bits per heavy atom. The molecule has 1 unspecified atom stereocenters. The van der Waals surface area contributed by atoms with Crippen molar-refractivity contribution in [2.45, 2.75) is 13.0 Å². The summed E-state index contributed by atoms with van der Waals surface area (Å²) in [7, 11) is 0. The van der Waals surface area contributed by atoms with Crippen LogP contribution < -0.4 is 10.2 Å². The van der Waals surface area contributed by atoms with Crippen LogP contribution in [0.3, 0.4) is 0 Å². The van der Waals surface area contributed by atoms with Gasteiger partial charge < -0.3 is 14.6 Å². The van der Waals surface area contributed by atoms with Crippen LogP contribution in [0.4, 0.5) is 5.95 Å². The number of piperazine rings is 1. The van der Waals surface area contributed by atoms with E-state index in [2.05, 4.69) is 25.1 Å². The third-order valence-corrected chi connectivity index (χ3v) is 4.82. The van der Waals surface area contributed by atoms with E-state index < -0.39 is 0 Å². The number of anilines is 1. The second-order valence-corrected chi connectivity index (χ2v) is 6.79. The first kappa shape index (κ1) is 17.5. The molecule has 4 rings (SSSR count). The number of furan rings is 1. The largest absolute Gasteiger partial charge is 0.459 e. The number of nitrogens with zero attached hydrogens (tertiary/aromatic N) is 4. The molecule has 1 aliphatic heterocycles. The number of carbonyl (C=O) groups is 1. The predicted octanol–water partition coefficient (Wildman–Crippen LogP) is 2.22. The number of nitrogens with one attached hydrogen (secondary N) is 1. The molecule has 1 fully saturated rings. The Morgan fingerprint density at radius 2 is 1.89 bits per heavy atom. The van der Waals surface area contributed by atoms with Gasteiger partial charge in [0.15, 0.2) is 0 Å². The van der Waals surface area contributed by atoms with E-state index in [4.69, 9.17) is 4.42 Å². The molecule has 1 amide bonds. The van der Waals surface area contributed by atoms with Crippen molar-refractivity contribution in [3.05, 3.63) is 54.6 Å². The summed E-state index contributed by atoms with van der Waals surface area (Å²) in [6.07, 6.45) is 3.50. The molecule has 3 aromatic rings. The highest BCUT2D eigenvalue weighted by molar-refractivity contribution is 5.80. The van der Waals surface area contributed by atoms with E-state index in [-0.39, 0.29) is 11.9 Å². The minimum absolute atomic E-state index is 0.00682. The average molecular weight is 365 g/mol. The van der Waals surface area contributed by atoms with Gasteiger partial charge in [-0.3, -0.25) is 9.69 Å². The van der Waals surface area contributed by atoms with Crippen LogP contribution in [0.1, 0.15) is 18.7 Å². The van der Waals surface area contributed by atoms with Gasteiger partial charge in [-0.05, 0) is 25.1 Å². The fraction of sp³-hybridized carbons (Fsp3) is 0.350. The summed E-state index contributed by atoms with van der Waals surface area (Å²) in [6.45, 7) is 5.58. The van der Waals surface area contributed by atoms with E-state index in [9.17, 15) is 4.79 Å². The van der Waals surface area contributed by atoms with Gasteiger partial charge in [0.2, 0.25) is 11.9 Å². The lowest BCUT2D eigenvalue weighted by atomic mass is 10.2. The monoisotopic (exact) mass is 365 g/mol. The van der Waals surface area contributed by atoms with Crippen molar-refractivity contribution in [3.8, 4) is 0 Å². The third kappa shape index (κ3) is 4.09. The SMILES string of the molecule is CC(NC(=O)CN1CCN(c2ncccn2)CC1)c1cc2ccccc2o1. The molecule has 1 saturated heterocycles. The van der Waals surface area contributed by atoms with Crippen molar-refractivity contribution in [2.75, 3.05) is 37.6 Å². The standard InChI is InChI=1S/C20H23N5O2/c1-15(18-13-16-5-2-3-6-17(16)27-18)23-19(26)14-24-9-11-25(12-10-24)20-21-7-4-8-22-20/h2-8,13,15H,9-12,14H2,1H3,(H,23,26). The molecule has 1 aliphatic rings. The molecule has 1 aromatic carbocycles. The second-order valence-electron chi connectivity index (χ2n) is 6.79. The quantitative estimate of drug-likeness (QED) is 0.747. The molecule has 0 spiro atoms. The molecule has 7 nitrogen and oxygen atoms in total. The first-order valence-corrected chi connectivity index (χ1v) is 9.21. The van der Waals surface area contributed by atoms with Crippen molar-refractivity contribution in [3.63, 3.8) is 0 Å². The van der Waals surface area contributed by atoms with Crippen molar-refractivity contribution >= 4 is 22.8 Å². The molecule has 2 aromatic heterocycles. The number of hydrogen-bond donors (Lipinski definition) is 1. The Bertz CT molecular complexity index is 870. The molecular weight excluding hydrogens is 342 g/mol. The summed E-state index contributed by atoms with van der Waals surface area (Å²) in [5.74, 6) is 1.53. The number of fused-ring (bicyclic) bond motifs is 1. The maximum atomic E-state index is 12.4. The Labute approximate surface area is 158 Å². The lowest BCUT2D eigenvalue weighted by molar-refractivity contribution is -0.123. The maximum Gasteiger partial charge on any atom is 0.234 e. The summed E-state index contributed by atoms with van der Waals surface area (Å²) in [5, 5.41) is 4.08. The number of aromatic nitrogens is 2. The molecule has 0 radical (unpaired) electrons. The van der Waals surface area contributed by atoms with Crippen molar-refractivity contribution in [1.29, 1.82) is 0 Å². The third-order valence-electron chi connectivity index (χ3n) is 4.82. The van der Waals surface area contributed by atoms with Crippen LogP contribution in [0, 0.1) is 0 Å². The Hall–Kier alpha value is -2.93. The van der Waals surface area contributed by atoms with Crippen LogP contribution in [-0.4, -0.2) is 53.5 Å². The first-order valence-electron chi connectivity index (χ1n) is 9.21. The van der Waals surface area contributed by atoms with Crippen LogP contribution in [0.25, 0.3) is 11.0 Å². The number of benzene rings is 1. The Morgan fingerprint density at radius 3 is 2.63 bits per heavy atom. The van der Waals surface area contributed by atoms with Gasteiger partial charge in [-0.2, -0.15) is 0 Å². The Balaban J connectivity index is 1.28. The van der Waals surface area contributed by atoms with Gasteiger partial charge in [0.1, 0.15) is 11.3 Å². The van der Waals surface area contributed by atoms with Gasteiger partial charge >= 0.3 is 0 Å². The minimum atomic E-state index is -0.163. The van der Waals surface area contributed by atoms with Crippen molar-refractivity contribution in [1.82, 2.24) is 20.2 Å². The van der Waals surface area contributed by atoms with Crippen LogP contribution in [-0.2, 0) is 4.79 Å². The smallest absolute Gasteiger partial charge is 0.234 e. The molecule has 3 heterocycles. The van der Waals surface area contributed by atoms with Gasteiger partial charge in [0.05, 0.1) is 12.6 Å². The lowest BCUT2D eigenvalue weighted by Gasteiger charge is -2.34. The molecule has 0 aliphatic carbocycles. The molecule has 0 bridgehead atoms. The average Bonchev–Trinajstić information content (AvgIpc) is 3.14. The van der Waals surface area contributed by atoms with E-state index in [0.717, 1.165) is 48.9 Å². The lowest BCUT2D eigenvalue weighted by Crippen LogP contribution is -2.50. The van der Waals surface area contributed by atoms with Gasteiger partial charge in [0, 0.05) is 44.0 Å². The number of amides is 1. The molecule has 27 heavy (non-hydrogen) atoms. The molecule has 1 N–H and O–H groups in total. The van der Waals surface area contributed by atoms with E-state index in [1.807, 2.05) is 43.3 Å². The highest BCUT2D eigenvalue weighted by Gasteiger charge is 2.21. The zero-order valence-corrected chi connectivity index (χ0v) is 15.3. The van der Waals surface area contributed by atoms with Crippen LogP contribution >= 0.6 is 0 Å². The van der Waals surface area contributed by atoms with E-state index in [0.29, 0.717) is 6.54 Å². The second kappa shape index (κ2) is 7.75. The van der Waals surface area contributed by atoms with Crippen LogP contribution in [0.15, 0.2) is 53.2 Å². The topological polar surface area (TPSA) is 74.5 Å².